The first-order valence-corrected chi connectivity index (χ1v) is 10.0. The molecule has 2 aromatic carbocycles. The smallest absolute Gasteiger partial charge is 0.247 e. The van der Waals surface area contributed by atoms with Crippen LogP contribution in [0.5, 0.6) is 5.75 Å². The zero-order chi connectivity index (χ0) is 19.3. The lowest BCUT2D eigenvalue weighted by Crippen LogP contribution is -2.31. The van der Waals surface area contributed by atoms with Crippen molar-refractivity contribution in [1.29, 1.82) is 0 Å². The maximum absolute atomic E-state index is 6.06. The first-order valence-electron chi connectivity index (χ1n) is 10.0. The van der Waals surface area contributed by atoms with Crippen molar-refractivity contribution in [3.63, 3.8) is 0 Å². The van der Waals surface area contributed by atoms with Gasteiger partial charge in [0.1, 0.15) is 5.75 Å². The molecule has 0 N–H and O–H groups in total. The predicted molar refractivity (Wildman–Crippen MR) is 109 cm³/mol. The third-order valence-electron chi connectivity index (χ3n) is 5.61. The van der Waals surface area contributed by atoms with Crippen LogP contribution in [0.1, 0.15) is 56.1 Å². The van der Waals surface area contributed by atoms with Gasteiger partial charge in [-0.05, 0) is 56.1 Å². The monoisotopic (exact) mass is 377 g/mol. The Labute approximate surface area is 166 Å². The van der Waals surface area contributed by atoms with Gasteiger partial charge < -0.3 is 9.15 Å². The summed E-state index contributed by atoms with van der Waals surface area (Å²) in [6.07, 6.45) is 4.82. The van der Waals surface area contributed by atoms with Gasteiger partial charge in [-0.1, -0.05) is 43.2 Å². The van der Waals surface area contributed by atoms with Crippen LogP contribution in [0.4, 0.5) is 0 Å². The Balaban J connectivity index is 1.59. The summed E-state index contributed by atoms with van der Waals surface area (Å²) in [6, 6.07) is 18.8. The summed E-state index contributed by atoms with van der Waals surface area (Å²) in [5, 5.41) is 8.66. The van der Waals surface area contributed by atoms with E-state index in [-0.39, 0.29) is 6.04 Å². The molecule has 28 heavy (non-hydrogen) atoms. The zero-order valence-electron chi connectivity index (χ0n) is 16.5. The highest BCUT2D eigenvalue weighted by atomic mass is 16.5. The fraction of sp³-hybridized carbons (Fsp3) is 0.391. The summed E-state index contributed by atoms with van der Waals surface area (Å²) in [5.74, 6) is 2.15. The van der Waals surface area contributed by atoms with Crippen molar-refractivity contribution < 1.29 is 9.15 Å². The number of hydrogen-bond acceptors (Lipinski definition) is 5. The molecule has 0 spiro atoms. The first kappa shape index (κ1) is 18.7. The Morgan fingerprint density at radius 2 is 1.79 bits per heavy atom. The van der Waals surface area contributed by atoms with E-state index in [1.54, 1.807) is 7.11 Å². The van der Waals surface area contributed by atoms with E-state index in [9.17, 15) is 0 Å². The number of likely N-dealkylation sites (tertiary alicyclic amines) is 1. The van der Waals surface area contributed by atoms with Crippen molar-refractivity contribution in [1.82, 2.24) is 15.1 Å². The van der Waals surface area contributed by atoms with Crippen LogP contribution in [0.3, 0.4) is 0 Å². The minimum Gasteiger partial charge on any atom is -0.497 e. The minimum absolute atomic E-state index is 0.0650. The van der Waals surface area contributed by atoms with Crippen molar-refractivity contribution in [3.05, 3.63) is 66.1 Å². The van der Waals surface area contributed by atoms with Gasteiger partial charge in [0.05, 0.1) is 13.2 Å². The molecule has 5 nitrogen and oxygen atoms in total. The third-order valence-corrected chi connectivity index (χ3v) is 5.61. The van der Waals surface area contributed by atoms with Gasteiger partial charge in [-0.3, -0.25) is 4.90 Å². The molecule has 2 heterocycles. The molecule has 0 saturated carbocycles. The topological polar surface area (TPSA) is 51.4 Å². The minimum atomic E-state index is 0.0650. The number of aromatic nitrogens is 2. The molecule has 4 rings (SSSR count). The van der Waals surface area contributed by atoms with Crippen molar-refractivity contribution in [2.75, 3.05) is 13.7 Å². The van der Waals surface area contributed by atoms with Crippen molar-refractivity contribution >= 4 is 0 Å². The second-order valence-corrected chi connectivity index (χ2v) is 7.36. The van der Waals surface area contributed by atoms with Crippen LogP contribution in [0, 0.1) is 0 Å². The van der Waals surface area contributed by atoms with Crippen LogP contribution in [0.15, 0.2) is 59.0 Å². The van der Waals surface area contributed by atoms with E-state index in [0.717, 1.165) is 24.3 Å². The molecule has 1 fully saturated rings. The van der Waals surface area contributed by atoms with E-state index >= 15 is 0 Å². The lowest BCUT2D eigenvalue weighted by Gasteiger charge is -2.33. The van der Waals surface area contributed by atoms with E-state index in [2.05, 4.69) is 34.2 Å². The highest BCUT2D eigenvalue weighted by Crippen LogP contribution is 2.37. The second kappa shape index (κ2) is 8.57. The average Bonchev–Trinajstić information content (AvgIpc) is 3.12. The summed E-state index contributed by atoms with van der Waals surface area (Å²) < 4.78 is 11.4. The summed E-state index contributed by atoms with van der Waals surface area (Å²) in [7, 11) is 1.70. The first-order chi connectivity index (χ1) is 13.8. The summed E-state index contributed by atoms with van der Waals surface area (Å²) in [5.41, 5.74) is 2.27. The molecule has 1 saturated heterocycles. The summed E-state index contributed by atoms with van der Waals surface area (Å²) >= 11 is 0. The molecule has 2 atom stereocenters. The second-order valence-electron chi connectivity index (χ2n) is 7.36. The Hall–Kier alpha value is -2.66. The summed E-state index contributed by atoms with van der Waals surface area (Å²) in [6.45, 7) is 3.20. The van der Waals surface area contributed by atoms with Gasteiger partial charge in [-0.2, -0.15) is 0 Å². The molecule has 1 aliphatic rings. The van der Waals surface area contributed by atoms with E-state index in [4.69, 9.17) is 9.15 Å². The molecular weight excluding hydrogens is 350 g/mol. The molecule has 146 valence electrons. The summed E-state index contributed by atoms with van der Waals surface area (Å²) in [4.78, 5) is 2.51. The number of nitrogens with zero attached hydrogens (tertiary/aromatic N) is 3. The molecule has 0 aliphatic carbocycles. The highest BCUT2D eigenvalue weighted by molar-refractivity contribution is 5.51. The van der Waals surface area contributed by atoms with E-state index in [1.807, 2.05) is 42.5 Å². The van der Waals surface area contributed by atoms with E-state index < -0.39 is 0 Å². The normalized spacial score (nSPS) is 19.1. The van der Waals surface area contributed by atoms with Gasteiger partial charge >= 0.3 is 0 Å². The zero-order valence-corrected chi connectivity index (χ0v) is 16.5. The predicted octanol–water partition coefficient (Wildman–Crippen LogP) is 5.42. The lowest BCUT2D eigenvalue weighted by atomic mass is 9.99. The molecule has 0 bridgehead atoms. The third kappa shape index (κ3) is 3.94. The van der Waals surface area contributed by atoms with Gasteiger partial charge in [0, 0.05) is 11.6 Å². The van der Waals surface area contributed by atoms with Crippen LogP contribution in [-0.2, 0) is 0 Å². The molecule has 0 radical (unpaired) electrons. The van der Waals surface area contributed by atoms with E-state index in [1.165, 1.54) is 24.8 Å². The Kier molecular flexibility index (Phi) is 5.72. The largest absolute Gasteiger partial charge is 0.497 e. The number of hydrogen-bond donors (Lipinski definition) is 0. The van der Waals surface area contributed by atoms with Crippen molar-refractivity contribution in [2.24, 2.45) is 0 Å². The standard InChI is InChI=1S/C23H27N3O2/c1-17(22-24-25-23(28-22)19-9-5-3-6-10-19)26-16-8-4-7-11-21(26)18-12-14-20(27-2)15-13-18/h3,5-6,9-10,12-15,17,21H,4,7-8,11,16H2,1-2H3/t17-,21+/m1/s1. The van der Waals surface area contributed by atoms with E-state index in [0.29, 0.717) is 17.8 Å². The Morgan fingerprint density at radius 1 is 1.00 bits per heavy atom. The fourth-order valence-electron chi connectivity index (χ4n) is 4.02. The molecule has 1 aromatic heterocycles. The Bertz CT molecular complexity index is 876. The quantitative estimate of drug-likeness (QED) is 0.594. The van der Waals surface area contributed by atoms with Gasteiger partial charge in [0.2, 0.25) is 11.8 Å². The highest BCUT2D eigenvalue weighted by Gasteiger charge is 2.30. The van der Waals surface area contributed by atoms with Gasteiger partial charge in [0.25, 0.3) is 0 Å². The maximum Gasteiger partial charge on any atom is 0.247 e. The van der Waals surface area contributed by atoms with Gasteiger partial charge in [0.15, 0.2) is 0 Å². The lowest BCUT2D eigenvalue weighted by molar-refractivity contribution is 0.127. The van der Waals surface area contributed by atoms with Crippen LogP contribution in [0.25, 0.3) is 11.5 Å². The SMILES string of the molecule is COc1ccc([C@@H]2CCCCCN2[C@H](C)c2nnc(-c3ccccc3)o2)cc1. The molecule has 5 heteroatoms. The molecule has 1 aliphatic heterocycles. The van der Waals surface area contributed by atoms with Gasteiger partial charge in [-0.15, -0.1) is 10.2 Å². The molecule has 0 amide bonds. The van der Waals surface area contributed by atoms with Crippen molar-refractivity contribution in [2.45, 2.75) is 44.7 Å². The van der Waals surface area contributed by atoms with Crippen LogP contribution in [-0.4, -0.2) is 28.8 Å². The van der Waals surface area contributed by atoms with Crippen LogP contribution < -0.4 is 4.74 Å². The average molecular weight is 377 g/mol. The van der Waals surface area contributed by atoms with Crippen molar-refractivity contribution in [3.8, 4) is 17.2 Å². The number of benzene rings is 2. The number of methoxy groups -OCH3 is 1. The number of rotatable bonds is 5. The Morgan fingerprint density at radius 3 is 2.54 bits per heavy atom. The fourth-order valence-corrected chi connectivity index (χ4v) is 4.02. The number of ether oxygens (including phenoxy) is 1. The molecular formula is C23H27N3O2. The molecule has 0 unspecified atom stereocenters. The van der Waals surface area contributed by atoms with Gasteiger partial charge in [-0.25, -0.2) is 0 Å². The van der Waals surface area contributed by atoms with Crippen LogP contribution in [0.2, 0.25) is 0 Å². The molecule has 3 aromatic rings. The van der Waals surface area contributed by atoms with Crippen LogP contribution >= 0.6 is 0 Å². The maximum atomic E-state index is 6.06.